The Morgan fingerprint density at radius 1 is 1.10 bits per heavy atom. The predicted molar refractivity (Wildman–Crippen MR) is 113 cm³/mol. The summed E-state index contributed by atoms with van der Waals surface area (Å²) in [6.45, 7) is 5.46. The summed E-state index contributed by atoms with van der Waals surface area (Å²) in [6, 6.07) is 7.92. The van der Waals surface area contributed by atoms with E-state index in [1.54, 1.807) is 0 Å². The van der Waals surface area contributed by atoms with E-state index < -0.39 is 0 Å². The molecule has 1 saturated heterocycles. The maximum atomic E-state index is 13.2. The third-order valence-corrected chi connectivity index (χ3v) is 7.60. The van der Waals surface area contributed by atoms with Crippen molar-refractivity contribution in [3.63, 3.8) is 0 Å². The van der Waals surface area contributed by atoms with E-state index in [2.05, 4.69) is 10.2 Å². The van der Waals surface area contributed by atoms with Crippen LogP contribution in [0.3, 0.4) is 0 Å². The topological polar surface area (TPSA) is 50.8 Å². The van der Waals surface area contributed by atoms with Crippen LogP contribution in [0.1, 0.15) is 44.9 Å². The van der Waals surface area contributed by atoms with Crippen molar-refractivity contribution in [3.8, 4) is 5.75 Å². The van der Waals surface area contributed by atoms with Crippen molar-refractivity contribution in [1.29, 1.82) is 0 Å². The zero-order valence-corrected chi connectivity index (χ0v) is 17.4. The minimum atomic E-state index is -0.107. The molecule has 6 rings (SSSR count). The number of nitrogens with zero attached hydrogens (tertiary/aromatic N) is 1. The fourth-order valence-electron chi connectivity index (χ4n) is 6.62. The number of amides is 1. The van der Waals surface area contributed by atoms with Crippen LogP contribution in [-0.4, -0.2) is 50.3 Å². The average Bonchev–Trinajstić information content (AvgIpc) is 2.71. The number of carbonyl (C=O) groups is 1. The Hall–Kier alpha value is -1.59. The van der Waals surface area contributed by atoms with E-state index in [1.807, 2.05) is 24.3 Å². The highest BCUT2D eigenvalue weighted by Crippen LogP contribution is 2.60. The van der Waals surface area contributed by atoms with Gasteiger partial charge in [0.05, 0.1) is 25.2 Å². The Morgan fingerprint density at radius 2 is 1.79 bits per heavy atom. The molecule has 1 aromatic rings. The molecule has 0 atom stereocenters. The average molecular weight is 399 g/mol. The number of benzene rings is 1. The van der Waals surface area contributed by atoms with Crippen LogP contribution < -0.4 is 10.1 Å². The molecule has 1 heterocycles. The molecular formula is C24H34N2O3. The van der Waals surface area contributed by atoms with Gasteiger partial charge in [0.25, 0.3) is 0 Å². The molecule has 4 saturated carbocycles. The first-order valence-corrected chi connectivity index (χ1v) is 11.5. The molecule has 1 aliphatic heterocycles. The van der Waals surface area contributed by atoms with Crippen molar-refractivity contribution in [1.82, 2.24) is 4.90 Å². The van der Waals surface area contributed by atoms with Gasteiger partial charge in [-0.3, -0.25) is 9.69 Å². The molecule has 158 valence electrons. The van der Waals surface area contributed by atoms with Gasteiger partial charge in [0.2, 0.25) is 5.91 Å². The number of ether oxygens (including phenoxy) is 2. The van der Waals surface area contributed by atoms with Crippen LogP contribution in [0.5, 0.6) is 5.75 Å². The number of anilines is 1. The van der Waals surface area contributed by atoms with Crippen LogP contribution >= 0.6 is 0 Å². The number of rotatable bonds is 7. The van der Waals surface area contributed by atoms with Crippen LogP contribution in [0.2, 0.25) is 0 Å². The normalized spacial score (nSPS) is 33.6. The van der Waals surface area contributed by atoms with E-state index in [0.29, 0.717) is 6.61 Å². The van der Waals surface area contributed by atoms with Crippen LogP contribution in [0.15, 0.2) is 24.3 Å². The summed E-state index contributed by atoms with van der Waals surface area (Å²) in [7, 11) is 0. The lowest BCUT2D eigenvalue weighted by molar-refractivity contribution is -0.140. The third kappa shape index (κ3) is 4.31. The maximum absolute atomic E-state index is 13.2. The minimum Gasteiger partial charge on any atom is -0.493 e. The largest absolute Gasteiger partial charge is 0.493 e. The van der Waals surface area contributed by atoms with E-state index in [-0.39, 0.29) is 11.3 Å². The van der Waals surface area contributed by atoms with Gasteiger partial charge in [0.15, 0.2) is 0 Å². The highest BCUT2D eigenvalue weighted by Gasteiger charge is 2.54. The summed E-state index contributed by atoms with van der Waals surface area (Å²) >= 11 is 0. The molecule has 5 heteroatoms. The van der Waals surface area contributed by atoms with Crippen LogP contribution in [-0.2, 0) is 9.53 Å². The summed E-state index contributed by atoms with van der Waals surface area (Å²) in [5.41, 5.74) is 0.764. The predicted octanol–water partition coefficient (Wildman–Crippen LogP) is 3.94. The standard InChI is InChI=1S/C24H34N2O3/c27-23(24-15-18-11-19(16-24)13-20(12-18)17-24)25-21-3-1-4-22(14-21)29-8-2-5-26-6-9-28-10-7-26/h1,3-4,14,18-20H,2,5-13,15-17H2,(H,25,27). The lowest BCUT2D eigenvalue weighted by Gasteiger charge is -2.55. The molecule has 5 fully saturated rings. The van der Waals surface area contributed by atoms with Crippen molar-refractivity contribution < 1.29 is 14.3 Å². The number of morpholine rings is 1. The highest BCUT2D eigenvalue weighted by atomic mass is 16.5. The van der Waals surface area contributed by atoms with Crippen LogP contribution in [0.4, 0.5) is 5.69 Å². The molecule has 29 heavy (non-hydrogen) atoms. The molecule has 0 radical (unpaired) electrons. The summed E-state index contributed by atoms with van der Waals surface area (Å²) in [6.07, 6.45) is 8.39. The number of carbonyl (C=O) groups excluding carboxylic acids is 1. The summed E-state index contributed by atoms with van der Waals surface area (Å²) in [4.78, 5) is 15.7. The Bertz CT molecular complexity index is 693. The molecule has 1 amide bonds. The summed E-state index contributed by atoms with van der Waals surface area (Å²) in [5.74, 6) is 3.45. The molecule has 5 nitrogen and oxygen atoms in total. The quantitative estimate of drug-likeness (QED) is 0.707. The fourth-order valence-corrected chi connectivity index (χ4v) is 6.62. The lowest BCUT2D eigenvalue weighted by Crippen LogP contribution is -2.51. The van der Waals surface area contributed by atoms with E-state index in [0.717, 1.165) is 87.7 Å². The smallest absolute Gasteiger partial charge is 0.230 e. The second kappa shape index (κ2) is 8.27. The molecular weight excluding hydrogens is 364 g/mol. The highest BCUT2D eigenvalue weighted by molar-refractivity contribution is 5.95. The van der Waals surface area contributed by atoms with E-state index >= 15 is 0 Å². The lowest BCUT2D eigenvalue weighted by atomic mass is 9.49. The molecule has 0 aromatic heterocycles. The second-order valence-electron chi connectivity index (χ2n) is 9.84. The molecule has 4 aliphatic carbocycles. The van der Waals surface area contributed by atoms with Gasteiger partial charge in [-0.15, -0.1) is 0 Å². The maximum Gasteiger partial charge on any atom is 0.230 e. The van der Waals surface area contributed by atoms with Gasteiger partial charge in [-0.1, -0.05) is 6.07 Å². The van der Waals surface area contributed by atoms with Crippen molar-refractivity contribution in [3.05, 3.63) is 24.3 Å². The van der Waals surface area contributed by atoms with E-state index in [1.165, 1.54) is 19.3 Å². The van der Waals surface area contributed by atoms with Gasteiger partial charge in [-0.25, -0.2) is 0 Å². The molecule has 4 bridgehead atoms. The molecule has 0 unspecified atom stereocenters. The zero-order valence-electron chi connectivity index (χ0n) is 17.4. The zero-order chi connectivity index (χ0) is 19.7. The Kier molecular flexibility index (Phi) is 5.53. The Morgan fingerprint density at radius 3 is 2.48 bits per heavy atom. The molecule has 5 aliphatic rings. The molecule has 1 N–H and O–H groups in total. The van der Waals surface area contributed by atoms with Gasteiger partial charge in [0.1, 0.15) is 5.75 Å². The van der Waals surface area contributed by atoms with Gasteiger partial charge in [-0.05, 0) is 74.8 Å². The first-order chi connectivity index (χ1) is 14.2. The van der Waals surface area contributed by atoms with Crippen molar-refractivity contribution in [2.24, 2.45) is 23.2 Å². The SMILES string of the molecule is O=C(Nc1cccc(OCCCN2CCOCC2)c1)C12CC3CC(CC(C3)C1)C2. The van der Waals surface area contributed by atoms with Crippen molar-refractivity contribution in [2.75, 3.05) is 44.8 Å². The van der Waals surface area contributed by atoms with Crippen molar-refractivity contribution in [2.45, 2.75) is 44.9 Å². The van der Waals surface area contributed by atoms with Gasteiger partial charge >= 0.3 is 0 Å². The monoisotopic (exact) mass is 398 g/mol. The first kappa shape index (κ1) is 19.4. The van der Waals surface area contributed by atoms with Crippen molar-refractivity contribution >= 4 is 11.6 Å². The summed E-state index contributed by atoms with van der Waals surface area (Å²) < 4.78 is 11.3. The van der Waals surface area contributed by atoms with E-state index in [9.17, 15) is 4.79 Å². The fraction of sp³-hybridized carbons (Fsp3) is 0.708. The Labute approximate surface area is 174 Å². The van der Waals surface area contributed by atoms with Gasteiger partial charge < -0.3 is 14.8 Å². The first-order valence-electron chi connectivity index (χ1n) is 11.5. The third-order valence-electron chi connectivity index (χ3n) is 7.60. The van der Waals surface area contributed by atoms with Gasteiger partial charge in [0, 0.05) is 31.4 Å². The number of hydrogen-bond donors (Lipinski definition) is 1. The van der Waals surface area contributed by atoms with Gasteiger partial charge in [-0.2, -0.15) is 0 Å². The number of hydrogen-bond acceptors (Lipinski definition) is 4. The second-order valence-corrected chi connectivity index (χ2v) is 9.84. The molecule has 1 aromatic carbocycles. The Balaban J connectivity index is 1.13. The number of nitrogens with one attached hydrogen (secondary N) is 1. The molecule has 0 spiro atoms. The minimum absolute atomic E-state index is 0.107. The summed E-state index contributed by atoms with van der Waals surface area (Å²) in [5, 5.41) is 3.24. The van der Waals surface area contributed by atoms with Crippen LogP contribution in [0, 0.1) is 23.2 Å². The van der Waals surface area contributed by atoms with Crippen LogP contribution in [0.25, 0.3) is 0 Å². The van der Waals surface area contributed by atoms with E-state index in [4.69, 9.17) is 9.47 Å².